The number of thiazole rings is 1. The van der Waals surface area contributed by atoms with E-state index in [1.54, 1.807) is 5.38 Å². The number of amides is 2. The lowest BCUT2D eigenvalue weighted by molar-refractivity contribution is -0.150. The smallest absolute Gasteiger partial charge is 0.352 e. The summed E-state index contributed by atoms with van der Waals surface area (Å²) in [5.41, 5.74) is 5.69. The molecule has 0 aliphatic carbocycles. The largest absolute Gasteiger partial charge is 0.477 e. The molecule has 0 unspecified atom stereocenters. The van der Waals surface area contributed by atoms with Gasteiger partial charge in [-0.05, 0) is 46.5 Å². The molecular formula is C37H36N10O5S3. The van der Waals surface area contributed by atoms with E-state index >= 15 is 0 Å². The average Bonchev–Trinajstić information content (AvgIpc) is 3.86. The Kier molecular flexibility index (Phi) is 11.2. The third kappa shape index (κ3) is 7.52. The van der Waals surface area contributed by atoms with Gasteiger partial charge in [-0.3, -0.25) is 14.5 Å². The number of tetrazole rings is 1. The van der Waals surface area contributed by atoms with E-state index in [1.807, 2.05) is 68.4 Å². The van der Waals surface area contributed by atoms with Crippen molar-refractivity contribution in [2.24, 2.45) is 5.16 Å². The van der Waals surface area contributed by atoms with Crippen LogP contribution in [-0.4, -0.2) is 94.9 Å². The first-order chi connectivity index (χ1) is 26.7. The van der Waals surface area contributed by atoms with Gasteiger partial charge in [0.25, 0.3) is 11.8 Å². The van der Waals surface area contributed by atoms with Gasteiger partial charge in [-0.1, -0.05) is 113 Å². The van der Waals surface area contributed by atoms with Crippen LogP contribution in [0, 0.1) is 0 Å². The van der Waals surface area contributed by atoms with E-state index in [-0.39, 0.29) is 28.9 Å². The predicted octanol–water partition coefficient (Wildman–Crippen LogP) is 4.37. The number of carboxylic acids is 1. The van der Waals surface area contributed by atoms with Gasteiger partial charge in [-0.15, -0.1) is 27.9 Å². The summed E-state index contributed by atoms with van der Waals surface area (Å²) < 4.78 is 0. The van der Waals surface area contributed by atoms with Crippen LogP contribution in [0.3, 0.4) is 0 Å². The van der Waals surface area contributed by atoms with Gasteiger partial charge < -0.3 is 26.0 Å². The van der Waals surface area contributed by atoms with Crippen LogP contribution in [-0.2, 0) is 24.8 Å². The zero-order valence-corrected chi connectivity index (χ0v) is 32.3. The monoisotopic (exact) mass is 796 g/mol. The van der Waals surface area contributed by atoms with Crippen molar-refractivity contribution < 1.29 is 24.3 Å². The second-order valence-electron chi connectivity index (χ2n) is 12.7. The van der Waals surface area contributed by atoms with Crippen molar-refractivity contribution in [2.75, 3.05) is 29.4 Å². The molecule has 4 N–H and O–H groups in total. The lowest BCUT2D eigenvalue weighted by atomic mass is 9.77. The summed E-state index contributed by atoms with van der Waals surface area (Å²) in [7, 11) is 1.32. The van der Waals surface area contributed by atoms with Crippen LogP contribution < -0.4 is 16.1 Å². The first-order valence-electron chi connectivity index (χ1n) is 17.1. The van der Waals surface area contributed by atoms with Gasteiger partial charge in [0.1, 0.15) is 35.5 Å². The van der Waals surface area contributed by atoms with E-state index in [2.05, 4.69) is 73.1 Å². The Hall–Kier alpha value is -5.72. The second kappa shape index (κ2) is 16.3. The lowest BCUT2D eigenvalue weighted by Gasteiger charge is -2.49. The summed E-state index contributed by atoms with van der Waals surface area (Å²) in [5.74, 6) is -1.91. The molecule has 2 aliphatic heterocycles. The number of hydrogen-bond donors (Lipinski definition) is 4. The maximum Gasteiger partial charge on any atom is 0.352 e. The molecule has 0 spiro atoms. The quantitative estimate of drug-likeness (QED) is 0.0385. The average molecular weight is 797 g/mol. The number of aliphatic carboxylic acids is 1. The number of carbonyl (C=O) groups is 3. The van der Waals surface area contributed by atoms with Gasteiger partial charge in [-0.25, -0.2) is 9.78 Å². The molecule has 0 saturated carbocycles. The fraction of sp³-hybridized carbons (Fsp3) is 0.243. The van der Waals surface area contributed by atoms with Crippen LogP contribution >= 0.6 is 34.9 Å². The number of anilines is 1. The van der Waals surface area contributed by atoms with Gasteiger partial charge in [0.05, 0.1) is 0 Å². The van der Waals surface area contributed by atoms with Crippen molar-refractivity contribution in [3.05, 3.63) is 130 Å². The first kappa shape index (κ1) is 37.6. The minimum atomic E-state index is -1.24. The van der Waals surface area contributed by atoms with E-state index in [0.717, 1.165) is 16.7 Å². The highest BCUT2D eigenvalue weighted by Gasteiger charge is 2.54. The second-order valence-corrected chi connectivity index (χ2v) is 15.6. The summed E-state index contributed by atoms with van der Waals surface area (Å²) in [6.45, 7) is 3.88. The van der Waals surface area contributed by atoms with Crippen LogP contribution in [0.2, 0.25) is 0 Å². The standard InChI is InChI=1S/C37H36N10O5S3/c1-22(2)42-47-36(41-44-45-47)55-20-23-19-53-33-29(32(49)46(33)30(23)34(50)51)39-31(48)28(43-52-3)27-21-54-35(38-27)40-37(24-13-7-4-8-14-24,25-15-9-5-10-16-25)26-17-11-6-12-18-26/h4-18,21-22,29,33,42H,19-20H2,1-3H3,(H,38,40)(H,39,48)(H,50,51)/t29-,33+/m1/s1. The van der Waals surface area contributed by atoms with Crippen molar-refractivity contribution in [2.45, 2.75) is 42.0 Å². The van der Waals surface area contributed by atoms with Crippen LogP contribution in [0.15, 0.2) is 118 Å². The number of carboxylic acid groups (broad SMARTS) is 1. The molecule has 4 heterocycles. The maximum atomic E-state index is 13.8. The van der Waals surface area contributed by atoms with Gasteiger partial charge in [0.15, 0.2) is 10.8 Å². The Balaban J connectivity index is 1.11. The fourth-order valence-electron chi connectivity index (χ4n) is 6.43. The molecule has 2 aliphatic rings. The zero-order chi connectivity index (χ0) is 38.5. The number of nitrogens with one attached hydrogen (secondary N) is 3. The molecule has 18 heteroatoms. The summed E-state index contributed by atoms with van der Waals surface area (Å²) in [4.78, 5) is 52.4. The van der Waals surface area contributed by atoms with E-state index in [1.165, 1.54) is 51.7 Å². The lowest BCUT2D eigenvalue weighted by Crippen LogP contribution is -2.71. The first-order valence-corrected chi connectivity index (χ1v) is 20.0. The van der Waals surface area contributed by atoms with Crippen LogP contribution in [0.4, 0.5) is 5.13 Å². The minimum Gasteiger partial charge on any atom is -0.477 e. The van der Waals surface area contributed by atoms with Gasteiger partial charge in [-0.2, -0.15) is 0 Å². The predicted molar refractivity (Wildman–Crippen MR) is 211 cm³/mol. The molecule has 5 aromatic rings. The number of oxime groups is 1. The van der Waals surface area contributed by atoms with Gasteiger partial charge >= 0.3 is 5.97 Å². The zero-order valence-electron chi connectivity index (χ0n) is 29.8. The maximum absolute atomic E-state index is 13.8. The highest BCUT2D eigenvalue weighted by molar-refractivity contribution is 8.01. The van der Waals surface area contributed by atoms with Crippen molar-refractivity contribution >= 4 is 63.5 Å². The summed E-state index contributed by atoms with van der Waals surface area (Å²) in [6.07, 6.45) is 0. The van der Waals surface area contributed by atoms with Gasteiger partial charge in [0.2, 0.25) is 5.16 Å². The molecule has 0 radical (unpaired) electrons. The van der Waals surface area contributed by atoms with Crippen molar-refractivity contribution in [1.29, 1.82) is 0 Å². The number of β-lactam (4-membered cyclic amide) rings is 1. The summed E-state index contributed by atoms with van der Waals surface area (Å²) >= 11 is 3.90. The van der Waals surface area contributed by atoms with Gasteiger partial charge in [0, 0.05) is 22.9 Å². The van der Waals surface area contributed by atoms with Crippen LogP contribution in [0.1, 0.15) is 36.2 Å². The number of benzene rings is 3. The van der Waals surface area contributed by atoms with E-state index < -0.39 is 34.7 Å². The van der Waals surface area contributed by atoms with Crippen molar-refractivity contribution in [3.8, 4) is 0 Å². The Labute approximate surface area is 328 Å². The topological polar surface area (TPSA) is 189 Å². The summed E-state index contributed by atoms with van der Waals surface area (Å²) in [5, 5.41) is 34.3. The third-order valence-electron chi connectivity index (χ3n) is 8.79. The molecule has 3 aromatic carbocycles. The number of fused-ring (bicyclic) bond motifs is 1. The molecule has 2 aromatic heterocycles. The number of thioether (sulfide) groups is 2. The SMILES string of the molecule is CON=C(C(=O)N[C@@H]1C(=O)N2C(C(=O)O)=C(CSc3nnnn3NC(C)C)CS[C@@H]12)c1csc(NC(c2ccccc2)(c2ccccc2)c2ccccc2)n1. The number of nitrogens with zero attached hydrogens (tertiary/aromatic N) is 7. The van der Waals surface area contributed by atoms with Crippen LogP contribution in [0.5, 0.6) is 0 Å². The summed E-state index contributed by atoms with van der Waals surface area (Å²) in [6, 6.07) is 29.2. The van der Waals surface area contributed by atoms with E-state index in [4.69, 9.17) is 9.82 Å². The van der Waals surface area contributed by atoms with Crippen molar-refractivity contribution in [1.82, 2.24) is 35.5 Å². The minimum absolute atomic E-state index is 0.0653. The Morgan fingerprint density at radius 3 is 2.20 bits per heavy atom. The van der Waals surface area contributed by atoms with Crippen LogP contribution in [0.25, 0.3) is 0 Å². The van der Waals surface area contributed by atoms with Crippen molar-refractivity contribution in [3.63, 3.8) is 0 Å². The molecule has 7 rings (SSSR count). The third-order valence-corrected chi connectivity index (χ3v) is 11.9. The Morgan fingerprint density at radius 1 is 1.02 bits per heavy atom. The number of carbonyl (C=O) groups excluding carboxylic acids is 2. The van der Waals surface area contributed by atoms with E-state index in [0.29, 0.717) is 21.6 Å². The molecular weight excluding hydrogens is 761 g/mol. The number of hydrogen-bond acceptors (Lipinski definition) is 14. The molecule has 15 nitrogen and oxygen atoms in total. The molecule has 0 bridgehead atoms. The molecule has 1 fully saturated rings. The number of aromatic nitrogens is 5. The molecule has 282 valence electrons. The molecule has 2 amide bonds. The normalized spacial score (nSPS) is 17.1. The fourth-order valence-corrected chi connectivity index (χ4v) is 9.50. The highest BCUT2D eigenvalue weighted by Crippen LogP contribution is 2.42. The molecule has 2 atom stereocenters. The molecule has 55 heavy (non-hydrogen) atoms. The Morgan fingerprint density at radius 2 is 1.64 bits per heavy atom. The number of rotatable bonds is 15. The molecule has 1 saturated heterocycles. The highest BCUT2D eigenvalue weighted by atomic mass is 32.2. The van der Waals surface area contributed by atoms with E-state index in [9.17, 15) is 19.5 Å². The Bertz CT molecular complexity index is 2130.